The smallest absolute Gasteiger partial charge is 0.341 e. The zero-order valence-electron chi connectivity index (χ0n) is 14.1. The van der Waals surface area contributed by atoms with Gasteiger partial charge in [-0.2, -0.15) is 0 Å². The van der Waals surface area contributed by atoms with Gasteiger partial charge in [0.1, 0.15) is 0 Å². The molecule has 0 saturated carbocycles. The van der Waals surface area contributed by atoms with E-state index in [9.17, 15) is 19.7 Å². The number of amides is 1. The molecule has 0 aliphatic heterocycles. The number of anilines is 1. The number of carbonyl (C=O) groups is 2. The molecule has 2 N–H and O–H groups in total. The third-order valence-corrected chi connectivity index (χ3v) is 4.12. The predicted octanol–water partition coefficient (Wildman–Crippen LogP) is 3.42. The van der Waals surface area contributed by atoms with Gasteiger partial charge in [0, 0.05) is 41.5 Å². The first-order chi connectivity index (χ1) is 12.8. The van der Waals surface area contributed by atoms with Crippen molar-refractivity contribution >= 4 is 46.5 Å². The van der Waals surface area contributed by atoms with E-state index in [1.54, 1.807) is 25.2 Å². The Morgan fingerprint density at radius 3 is 2.56 bits per heavy atom. The highest BCUT2D eigenvalue weighted by Gasteiger charge is 2.18. The number of halogens is 2. The highest BCUT2D eigenvalue weighted by atomic mass is 35.5. The molecule has 2 rings (SSSR count). The number of benzene rings is 2. The van der Waals surface area contributed by atoms with E-state index in [1.807, 2.05) is 0 Å². The predicted molar refractivity (Wildman–Crippen MR) is 101 cm³/mol. The monoisotopic (exact) mass is 411 g/mol. The van der Waals surface area contributed by atoms with Gasteiger partial charge in [0.05, 0.1) is 10.5 Å². The fourth-order valence-corrected chi connectivity index (χ4v) is 2.63. The second-order valence-electron chi connectivity index (χ2n) is 5.33. The molecule has 0 aromatic heterocycles. The third kappa shape index (κ3) is 5.57. The molecule has 0 atom stereocenters. The van der Waals surface area contributed by atoms with Gasteiger partial charge in [0.15, 0.2) is 6.61 Å². The lowest BCUT2D eigenvalue weighted by Gasteiger charge is -2.10. The van der Waals surface area contributed by atoms with E-state index < -0.39 is 23.4 Å². The normalized spacial score (nSPS) is 10.2. The zero-order chi connectivity index (χ0) is 20.0. The molecule has 142 valence electrons. The maximum atomic E-state index is 12.2. The van der Waals surface area contributed by atoms with Gasteiger partial charge >= 0.3 is 5.97 Å². The van der Waals surface area contributed by atoms with Crippen molar-refractivity contribution in [3.8, 4) is 0 Å². The summed E-state index contributed by atoms with van der Waals surface area (Å²) in [6.07, 6.45) is 0. The summed E-state index contributed by atoms with van der Waals surface area (Å²) in [5, 5.41) is 17.0. The fourth-order valence-electron chi connectivity index (χ4n) is 2.15. The molecular weight excluding hydrogens is 397 g/mol. The van der Waals surface area contributed by atoms with Crippen molar-refractivity contribution in [3.05, 3.63) is 67.7 Å². The first-order valence-electron chi connectivity index (χ1n) is 7.65. The van der Waals surface area contributed by atoms with Gasteiger partial charge in [-0.25, -0.2) is 4.79 Å². The van der Waals surface area contributed by atoms with Crippen LogP contribution in [-0.2, 0) is 16.1 Å². The van der Waals surface area contributed by atoms with Crippen LogP contribution in [0.5, 0.6) is 0 Å². The molecule has 0 radical (unpaired) electrons. The molecule has 10 heteroatoms. The molecule has 27 heavy (non-hydrogen) atoms. The van der Waals surface area contributed by atoms with Crippen molar-refractivity contribution < 1.29 is 19.2 Å². The summed E-state index contributed by atoms with van der Waals surface area (Å²) < 4.78 is 4.94. The summed E-state index contributed by atoms with van der Waals surface area (Å²) >= 11 is 11.8. The van der Waals surface area contributed by atoms with E-state index in [1.165, 1.54) is 12.1 Å². The Kier molecular flexibility index (Phi) is 6.98. The SMILES string of the molecule is CNc1ccc([N+](=O)[O-])cc1C(=O)OCC(=O)NCc1ccc(Cl)cc1Cl. The zero-order valence-corrected chi connectivity index (χ0v) is 15.6. The van der Waals surface area contributed by atoms with Crippen LogP contribution in [0.3, 0.4) is 0 Å². The number of nitro benzene ring substituents is 1. The van der Waals surface area contributed by atoms with Gasteiger partial charge in [-0.15, -0.1) is 0 Å². The molecule has 0 fully saturated rings. The van der Waals surface area contributed by atoms with E-state index in [0.29, 0.717) is 21.3 Å². The lowest BCUT2D eigenvalue weighted by molar-refractivity contribution is -0.384. The number of carbonyl (C=O) groups excluding carboxylic acids is 2. The number of nitro groups is 1. The van der Waals surface area contributed by atoms with Crippen LogP contribution < -0.4 is 10.6 Å². The van der Waals surface area contributed by atoms with Crippen LogP contribution in [-0.4, -0.2) is 30.5 Å². The number of hydrogen-bond acceptors (Lipinski definition) is 6. The Hall–Kier alpha value is -2.84. The minimum Gasteiger partial charge on any atom is -0.452 e. The Morgan fingerprint density at radius 1 is 1.19 bits per heavy atom. The minimum absolute atomic E-state index is 0.0414. The molecule has 0 aliphatic carbocycles. The van der Waals surface area contributed by atoms with Gasteiger partial charge in [0.25, 0.3) is 11.6 Å². The number of hydrogen-bond donors (Lipinski definition) is 2. The van der Waals surface area contributed by atoms with Crippen molar-refractivity contribution in [2.45, 2.75) is 6.54 Å². The third-order valence-electron chi connectivity index (χ3n) is 3.53. The van der Waals surface area contributed by atoms with Gasteiger partial charge in [-0.05, 0) is 23.8 Å². The Labute approximate surface area is 164 Å². The Balaban J connectivity index is 1.95. The van der Waals surface area contributed by atoms with Gasteiger partial charge in [-0.3, -0.25) is 14.9 Å². The van der Waals surface area contributed by atoms with E-state index in [-0.39, 0.29) is 17.8 Å². The first kappa shape index (κ1) is 20.5. The summed E-state index contributed by atoms with van der Waals surface area (Å²) in [5.41, 5.74) is 0.693. The van der Waals surface area contributed by atoms with Crippen LogP contribution in [0.25, 0.3) is 0 Å². The maximum absolute atomic E-state index is 12.2. The second kappa shape index (κ2) is 9.20. The Morgan fingerprint density at radius 2 is 1.93 bits per heavy atom. The molecular formula is C17H15Cl2N3O5. The molecule has 8 nitrogen and oxygen atoms in total. The van der Waals surface area contributed by atoms with Crippen molar-refractivity contribution in [2.24, 2.45) is 0 Å². The van der Waals surface area contributed by atoms with Crippen LogP contribution in [0.1, 0.15) is 15.9 Å². The highest BCUT2D eigenvalue weighted by Crippen LogP contribution is 2.23. The largest absolute Gasteiger partial charge is 0.452 e. The van der Waals surface area contributed by atoms with Gasteiger partial charge in [0.2, 0.25) is 0 Å². The lowest BCUT2D eigenvalue weighted by Crippen LogP contribution is -2.28. The molecule has 2 aromatic rings. The molecule has 0 bridgehead atoms. The molecule has 0 aliphatic rings. The summed E-state index contributed by atoms with van der Waals surface area (Å²) in [6, 6.07) is 8.57. The molecule has 0 unspecified atom stereocenters. The second-order valence-corrected chi connectivity index (χ2v) is 6.17. The van der Waals surface area contributed by atoms with Crippen LogP contribution >= 0.6 is 23.2 Å². The number of ether oxygens (including phenoxy) is 1. The maximum Gasteiger partial charge on any atom is 0.341 e. The molecule has 0 spiro atoms. The van der Waals surface area contributed by atoms with E-state index >= 15 is 0 Å². The molecule has 0 saturated heterocycles. The van der Waals surface area contributed by atoms with Crippen molar-refractivity contribution in [1.82, 2.24) is 5.32 Å². The van der Waals surface area contributed by atoms with Crippen molar-refractivity contribution in [2.75, 3.05) is 19.0 Å². The number of nitrogens with zero attached hydrogens (tertiary/aromatic N) is 1. The topological polar surface area (TPSA) is 111 Å². The quantitative estimate of drug-likeness (QED) is 0.410. The number of esters is 1. The summed E-state index contributed by atoms with van der Waals surface area (Å²) in [7, 11) is 1.56. The van der Waals surface area contributed by atoms with Crippen molar-refractivity contribution in [3.63, 3.8) is 0 Å². The fraction of sp³-hybridized carbons (Fsp3) is 0.176. The summed E-state index contributed by atoms with van der Waals surface area (Å²) in [6.45, 7) is -0.416. The lowest BCUT2D eigenvalue weighted by atomic mass is 10.1. The van der Waals surface area contributed by atoms with Gasteiger partial charge < -0.3 is 15.4 Å². The van der Waals surface area contributed by atoms with Crippen LogP contribution in [0.4, 0.5) is 11.4 Å². The van der Waals surface area contributed by atoms with E-state index in [2.05, 4.69) is 10.6 Å². The van der Waals surface area contributed by atoms with Crippen LogP contribution in [0, 0.1) is 10.1 Å². The highest BCUT2D eigenvalue weighted by molar-refractivity contribution is 6.35. The van der Waals surface area contributed by atoms with Crippen molar-refractivity contribution in [1.29, 1.82) is 0 Å². The average molecular weight is 412 g/mol. The number of non-ortho nitro benzene ring substituents is 1. The Bertz CT molecular complexity index is 889. The average Bonchev–Trinajstić information content (AvgIpc) is 2.64. The molecule has 1 amide bonds. The van der Waals surface area contributed by atoms with E-state index in [4.69, 9.17) is 27.9 Å². The summed E-state index contributed by atoms with van der Waals surface area (Å²) in [5.74, 6) is -1.41. The number of nitrogens with one attached hydrogen (secondary N) is 2. The summed E-state index contributed by atoms with van der Waals surface area (Å²) in [4.78, 5) is 34.3. The molecule has 0 heterocycles. The minimum atomic E-state index is -0.859. The van der Waals surface area contributed by atoms with Gasteiger partial charge in [-0.1, -0.05) is 29.3 Å². The number of rotatable bonds is 7. The van der Waals surface area contributed by atoms with Crippen LogP contribution in [0.2, 0.25) is 10.0 Å². The molecule has 2 aromatic carbocycles. The standard InChI is InChI=1S/C17H15Cl2N3O5/c1-20-15-5-4-12(22(25)26)7-13(15)17(24)27-9-16(23)21-8-10-2-3-11(18)6-14(10)19/h2-7,20H,8-9H2,1H3,(H,21,23). The first-order valence-corrected chi connectivity index (χ1v) is 8.41. The van der Waals surface area contributed by atoms with E-state index in [0.717, 1.165) is 6.07 Å². The van der Waals surface area contributed by atoms with Crippen LogP contribution in [0.15, 0.2) is 36.4 Å².